The minimum Gasteiger partial charge on any atom is -0.324 e. The third-order valence-corrected chi connectivity index (χ3v) is 1.33. The number of hydrogen-bond acceptors (Lipinski definition) is 2. The molecule has 3 nitrogen and oxygen atoms in total. The van der Waals surface area contributed by atoms with Gasteiger partial charge in [-0.15, -0.1) is 0 Å². The van der Waals surface area contributed by atoms with Gasteiger partial charge in [0.1, 0.15) is 0 Å². The molecule has 0 radical (unpaired) electrons. The maximum Gasteiger partial charge on any atom is 0.507 e. The zero-order valence-corrected chi connectivity index (χ0v) is 5.06. The first-order valence-corrected chi connectivity index (χ1v) is 3.42. The lowest BCUT2D eigenvalue weighted by Gasteiger charge is -1.86. The van der Waals surface area contributed by atoms with E-state index in [1.165, 1.54) is 0 Å². The Morgan fingerprint density at radius 1 is 2.00 bits per heavy atom. The SMILES string of the molecule is CC(N)C[P+](=O)O. The summed E-state index contributed by atoms with van der Waals surface area (Å²) in [5.41, 5.74) is 5.15. The van der Waals surface area contributed by atoms with Crippen molar-refractivity contribution in [1.29, 1.82) is 0 Å². The highest BCUT2D eigenvalue weighted by atomic mass is 31.1. The van der Waals surface area contributed by atoms with Gasteiger partial charge in [0, 0.05) is 6.04 Å². The van der Waals surface area contributed by atoms with E-state index in [4.69, 9.17) is 10.6 Å². The van der Waals surface area contributed by atoms with Crippen molar-refractivity contribution < 1.29 is 9.46 Å². The van der Waals surface area contributed by atoms with Crippen molar-refractivity contribution in [2.24, 2.45) is 5.73 Å². The Morgan fingerprint density at radius 2 is 2.43 bits per heavy atom. The van der Waals surface area contributed by atoms with Gasteiger partial charge in [-0.1, -0.05) is 0 Å². The Bertz CT molecular complexity index is 73.3. The molecule has 0 heterocycles. The van der Waals surface area contributed by atoms with Crippen LogP contribution < -0.4 is 5.73 Å². The Kier molecular flexibility index (Phi) is 3.09. The summed E-state index contributed by atoms with van der Waals surface area (Å²) in [6, 6.07) is -0.159. The van der Waals surface area contributed by atoms with Crippen LogP contribution in [0.25, 0.3) is 0 Å². The Balaban J connectivity index is 3.13. The topological polar surface area (TPSA) is 63.3 Å². The fourth-order valence-corrected chi connectivity index (χ4v) is 0.739. The Labute approximate surface area is 43.4 Å². The molecule has 0 rings (SSSR count). The summed E-state index contributed by atoms with van der Waals surface area (Å²) >= 11 is 0. The number of rotatable bonds is 2. The van der Waals surface area contributed by atoms with Crippen LogP contribution in [0.15, 0.2) is 0 Å². The summed E-state index contributed by atoms with van der Waals surface area (Å²) in [5, 5.41) is 0. The summed E-state index contributed by atoms with van der Waals surface area (Å²) in [7, 11) is -2.01. The van der Waals surface area contributed by atoms with E-state index in [9.17, 15) is 4.57 Å². The van der Waals surface area contributed by atoms with Crippen LogP contribution in [0.2, 0.25) is 0 Å². The lowest BCUT2D eigenvalue weighted by molar-refractivity contribution is 0.499. The van der Waals surface area contributed by atoms with E-state index >= 15 is 0 Å². The van der Waals surface area contributed by atoms with Crippen LogP contribution in [0, 0.1) is 0 Å². The van der Waals surface area contributed by atoms with Gasteiger partial charge in [-0.05, 0) is 11.5 Å². The summed E-state index contributed by atoms with van der Waals surface area (Å²) < 4.78 is 9.88. The summed E-state index contributed by atoms with van der Waals surface area (Å²) in [6.45, 7) is 1.70. The molecule has 0 aromatic rings. The van der Waals surface area contributed by atoms with Gasteiger partial charge in [-0.3, -0.25) is 0 Å². The molecule has 4 heteroatoms. The lowest BCUT2D eigenvalue weighted by atomic mass is 10.4. The highest BCUT2D eigenvalue weighted by Crippen LogP contribution is 2.11. The normalized spacial score (nSPS) is 16.1. The molecule has 0 aromatic carbocycles. The fourth-order valence-electron chi connectivity index (χ4n) is 0.246. The molecule has 0 spiro atoms. The van der Waals surface area contributed by atoms with Crippen molar-refractivity contribution in [3.8, 4) is 0 Å². The molecule has 0 bridgehead atoms. The van der Waals surface area contributed by atoms with Crippen molar-refractivity contribution in [3.63, 3.8) is 0 Å². The molecular weight excluding hydrogens is 113 g/mol. The molecule has 2 atom stereocenters. The standard InChI is InChI=1S/C3H8NO2P/c1-3(4)2-7(5)6/h3H,2,4H2,1H3/p+1. The number of nitrogens with two attached hydrogens (primary N) is 1. The number of hydrogen-bond donors (Lipinski definition) is 2. The second-order valence-electron chi connectivity index (χ2n) is 1.51. The zero-order chi connectivity index (χ0) is 5.86. The molecule has 0 aliphatic heterocycles. The minimum atomic E-state index is -2.01. The van der Waals surface area contributed by atoms with Crippen LogP contribution in [0.1, 0.15) is 6.92 Å². The van der Waals surface area contributed by atoms with Crippen LogP contribution >= 0.6 is 8.03 Å². The fraction of sp³-hybridized carbons (Fsp3) is 1.00. The van der Waals surface area contributed by atoms with Gasteiger partial charge >= 0.3 is 8.03 Å². The van der Waals surface area contributed by atoms with Crippen LogP contribution in [-0.2, 0) is 4.57 Å². The van der Waals surface area contributed by atoms with Gasteiger partial charge < -0.3 is 5.73 Å². The van der Waals surface area contributed by atoms with E-state index < -0.39 is 8.03 Å². The lowest BCUT2D eigenvalue weighted by Crippen LogP contribution is -2.17. The van der Waals surface area contributed by atoms with Crippen LogP contribution in [0.5, 0.6) is 0 Å². The molecule has 0 aromatic heterocycles. The van der Waals surface area contributed by atoms with Crippen molar-refractivity contribution in [2.45, 2.75) is 13.0 Å². The molecule has 0 saturated heterocycles. The van der Waals surface area contributed by atoms with E-state index in [-0.39, 0.29) is 12.2 Å². The minimum absolute atomic E-state index is 0.159. The van der Waals surface area contributed by atoms with Gasteiger partial charge in [0.25, 0.3) is 0 Å². The van der Waals surface area contributed by atoms with Gasteiger partial charge in [-0.25, -0.2) is 0 Å². The Hall–Kier alpha value is 0.0200. The largest absolute Gasteiger partial charge is 0.507 e. The second-order valence-corrected chi connectivity index (χ2v) is 2.58. The van der Waals surface area contributed by atoms with E-state index in [1.807, 2.05) is 0 Å². The highest BCUT2D eigenvalue weighted by Gasteiger charge is 2.11. The van der Waals surface area contributed by atoms with Crippen molar-refractivity contribution in [3.05, 3.63) is 0 Å². The monoisotopic (exact) mass is 122 g/mol. The van der Waals surface area contributed by atoms with Crippen molar-refractivity contribution >= 4 is 8.03 Å². The first kappa shape index (κ1) is 7.02. The molecule has 0 saturated carbocycles. The molecule has 3 N–H and O–H groups in total. The van der Waals surface area contributed by atoms with E-state index in [0.717, 1.165) is 0 Å². The summed E-state index contributed by atoms with van der Waals surface area (Å²) in [5.74, 6) is 0. The maximum absolute atomic E-state index is 9.88. The van der Waals surface area contributed by atoms with Gasteiger partial charge in [0.05, 0.1) is 0 Å². The van der Waals surface area contributed by atoms with Crippen LogP contribution in [0.3, 0.4) is 0 Å². The van der Waals surface area contributed by atoms with Gasteiger partial charge in [-0.2, -0.15) is 4.89 Å². The maximum atomic E-state index is 9.88. The molecule has 0 aliphatic carbocycles. The van der Waals surface area contributed by atoms with E-state index in [2.05, 4.69) is 0 Å². The van der Waals surface area contributed by atoms with Gasteiger partial charge in [0.15, 0.2) is 6.16 Å². The van der Waals surface area contributed by atoms with Gasteiger partial charge in [0.2, 0.25) is 0 Å². The molecular formula is C3H9NO2P+. The first-order chi connectivity index (χ1) is 3.13. The van der Waals surface area contributed by atoms with Crippen molar-refractivity contribution in [2.75, 3.05) is 6.16 Å². The third kappa shape index (κ3) is 6.02. The predicted molar refractivity (Wildman–Crippen MR) is 28.3 cm³/mol. The van der Waals surface area contributed by atoms with E-state index in [1.54, 1.807) is 6.92 Å². The molecule has 2 unspecified atom stereocenters. The van der Waals surface area contributed by atoms with Crippen LogP contribution in [-0.4, -0.2) is 17.1 Å². The second kappa shape index (κ2) is 3.08. The molecule has 42 valence electrons. The first-order valence-electron chi connectivity index (χ1n) is 2.02. The smallest absolute Gasteiger partial charge is 0.324 e. The predicted octanol–water partition coefficient (Wildman–Crippen LogP) is 0.0683. The molecule has 7 heavy (non-hydrogen) atoms. The molecule has 0 fully saturated rings. The molecule has 0 aliphatic rings. The highest BCUT2D eigenvalue weighted by molar-refractivity contribution is 7.38. The Morgan fingerprint density at radius 3 is 2.43 bits per heavy atom. The third-order valence-electron chi connectivity index (χ3n) is 0.444. The average Bonchev–Trinajstić information content (AvgIpc) is 1.27. The quantitative estimate of drug-likeness (QED) is 0.509. The summed E-state index contributed by atoms with van der Waals surface area (Å²) in [4.78, 5) is 8.15. The zero-order valence-electron chi connectivity index (χ0n) is 4.16. The van der Waals surface area contributed by atoms with Crippen LogP contribution in [0.4, 0.5) is 0 Å². The van der Waals surface area contributed by atoms with E-state index in [0.29, 0.717) is 0 Å². The summed E-state index contributed by atoms with van der Waals surface area (Å²) in [6.07, 6.45) is 0.204. The molecule has 0 amide bonds. The van der Waals surface area contributed by atoms with Crippen molar-refractivity contribution in [1.82, 2.24) is 0 Å². The average molecular weight is 122 g/mol.